The van der Waals surface area contributed by atoms with Crippen LogP contribution >= 0.6 is 11.3 Å². The number of hydrogen-bond acceptors (Lipinski definition) is 4. The summed E-state index contributed by atoms with van der Waals surface area (Å²) >= 11 is 1.68. The molecular weight excluding hydrogens is 346 g/mol. The topological polar surface area (TPSA) is 78.4 Å². The number of guanidine groups is 1. The Morgan fingerprint density at radius 2 is 1.96 bits per heavy atom. The van der Waals surface area contributed by atoms with Gasteiger partial charge in [-0.15, -0.1) is 11.3 Å². The van der Waals surface area contributed by atoms with E-state index >= 15 is 0 Å². The summed E-state index contributed by atoms with van der Waals surface area (Å²) in [5.74, 6) is 0.815. The van der Waals surface area contributed by atoms with E-state index in [0.717, 1.165) is 35.2 Å². The number of benzene rings is 1. The van der Waals surface area contributed by atoms with Crippen LogP contribution in [-0.4, -0.2) is 23.4 Å². The van der Waals surface area contributed by atoms with Crippen LogP contribution in [-0.2, 0) is 17.9 Å². The van der Waals surface area contributed by atoms with Crippen LogP contribution in [0.2, 0.25) is 0 Å². The quantitative estimate of drug-likeness (QED) is 0.489. The highest BCUT2D eigenvalue weighted by atomic mass is 32.1. The van der Waals surface area contributed by atoms with Gasteiger partial charge in [0.2, 0.25) is 5.91 Å². The summed E-state index contributed by atoms with van der Waals surface area (Å²) in [7, 11) is 0. The highest BCUT2D eigenvalue weighted by molar-refractivity contribution is 7.11. The van der Waals surface area contributed by atoms with Gasteiger partial charge in [0.25, 0.3) is 0 Å². The Morgan fingerprint density at radius 1 is 1.19 bits per heavy atom. The molecule has 0 aliphatic heterocycles. The van der Waals surface area contributed by atoms with E-state index in [9.17, 15) is 4.79 Å². The second-order valence-electron chi connectivity index (χ2n) is 5.91. The van der Waals surface area contributed by atoms with Crippen LogP contribution in [0.1, 0.15) is 42.1 Å². The lowest BCUT2D eigenvalue weighted by atomic mass is 10.2. The lowest BCUT2D eigenvalue weighted by Gasteiger charge is -2.10. The van der Waals surface area contributed by atoms with Gasteiger partial charge in [0.05, 0.1) is 13.1 Å². The van der Waals surface area contributed by atoms with Crippen molar-refractivity contribution in [2.24, 2.45) is 4.99 Å². The second-order valence-corrected chi connectivity index (χ2v) is 7.23. The SMILES string of the molecule is CCCC(=O)Nc1ccc(CN=C(NCC)NCc2ncc(C)s2)cc1. The van der Waals surface area contributed by atoms with Gasteiger partial charge < -0.3 is 16.0 Å². The number of nitrogens with one attached hydrogen (secondary N) is 3. The molecule has 2 aromatic rings. The summed E-state index contributed by atoms with van der Waals surface area (Å²) < 4.78 is 0. The maximum Gasteiger partial charge on any atom is 0.224 e. The van der Waals surface area contributed by atoms with Crippen molar-refractivity contribution in [3.8, 4) is 0 Å². The first-order chi connectivity index (χ1) is 12.6. The van der Waals surface area contributed by atoms with Crippen LogP contribution in [0.3, 0.4) is 0 Å². The van der Waals surface area contributed by atoms with E-state index in [0.29, 0.717) is 19.5 Å². The smallest absolute Gasteiger partial charge is 0.224 e. The zero-order chi connectivity index (χ0) is 18.8. The molecule has 1 amide bonds. The van der Waals surface area contributed by atoms with Gasteiger partial charge in [-0.2, -0.15) is 0 Å². The number of thiazole rings is 1. The molecular formula is C19H27N5OS. The van der Waals surface area contributed by atoms with E-state index in [-0.39, 0.29) is 5.91 Å². The average molecular weight is 374 g/mol. The van der Waals surface area contributed by atoms with Crippen molar-refractivity contribution in [3.63, 3.8) is 0 Å². The second kappa shape index (κ2) is 10.6. The maximum absolute atomic E-state index is 11.6. The van der Waals surface area contributed by atoms with Crippen LogP contribution in [0.25, 0.3) is 0 Å². The van der Waals surface area contributed by atoms with Crippen molar-refractivity contribution in [2.45, 2.75) is 46.7 Å². The zero-order valence-electron chi connectivity index (χ0n) is 15.6. The third-order valence-electron chi connectivity index (χ3n) is 3.55. The molecule has 0 atom stereocenters. The number of nitrogens with zero attached hydrogens (tertiary/aromatic N) is 2. The van der Waals surface area contributed by atoms with E-state index in [2.05, 4.69) is 32.9 Å². The number of aryl methyl sites for hydroxylation is 1. The van der Waals surface area contributed by atoms with Crippen molar-refractivity contribution in [1.82, 2.24) is 15.6 Å². The Kier molecular flexibility index (Phi) is 8.08. The molecule has 0 saturated carbocycles. The number of carbonyl (C=O) groups is 1. The average Bonchev–Trinajstić information content (AvgIpc) is 3.04. The lowest BCUT2D eigenvalue weighted by Crippen LogP contribution is -2.36. The third kappa shape index (κ3) is 6.84. The molecule has 0 bridgehead atoms. The normalized spacial score (nSPS) is 11.3. The molecule has 0 radical (unpaired) electrons. The predicted molar refractivity (Wildman–Crippen MR) is 108 cm³/mol. The van der Waals surface area contributed by atoms with E-state index < -0.39 is 0 Å². The molecule has 0 spiro atoms. The van der Waals surface area contributed by atoms with Gasteiger partial charge in [0.1, 0.15) is 5.01 Å². The summed E-state index contributed by atoms with van der Waals surface area (Å²) in [5, 5.41) is 10.5. The number of hydrogen-bond donors (Lipinski definition) is 3. The third-order valence-corrected chi connectivity index (χ3v) is 4.47. The molecule has 0 aliphatic carbocycles. The molecule has 1 heterocycles. The Hall–Kier alpha value is -2.41. The standard InChI is InChI=1S/C19H27N5OS/c1-4-6-17(25)24-16-9-7-15(8-10-16)12-22-19(20-5-2)23-13-18-21-11-14(3)26-18/h7-11H,4-6,12-13H2,1-3H3,(H,24,25)(H2,20,22,23). The van der Waals surface area contributed by atoms with Gasteiger partial charge in [0.15, 0.2) is 5.96 Å². The number of aliphatic imine (C=N–C) groups is 1. The minimum absolute atomic E-state index is 0.0503. The molecule has 6 nitrogen and oxygen atoms in total. The number of anilines is 1. The lowest BCUT2D eigenvalue weighted by molar-refractivity contribution is -0.116. The molecule has 140 valence electrons. The molecule has 0 saturated heterocycles. The van der Waals surface area contributed by atoms with Crippen LogP contribution in [0.4, 0.5) is 5.69 Å². The summed E-state index contributed by atoms with van der Waals surface area (Å²) in [6.45, 7) is 8.10. The van der Waals surface area contributed by atoms with Crippen LogP contribution < -0.4 is 16.0 Å². The summed E-state index contributed by atoms with van der Waals surface area (Å²) in [6.07, 6.45) is 3.27. The number of carbonyl (C=O) groups excluding carboxylic acids is 1. The summed E-state index contributed by atoms with van der Waals surface area (Å²) in [5.41, 5.74) is 1.90. The fourth-order valence-electron chi connectivity index (χ4n) is 2.30. The Balaban J connectivity index is 1.90. The fraction of sp³-hybridized carbons (Fsp3) is 0.421. The van der Waals surface area contributed by atoms with Gasteiger partial charge >= 0.3 is 0 Å². The van der Waals surface area contributed by atoms with Crippen molar-refractivity contribution >= 4 is 28.9 Å². The van der Waals surface area contributed by atoms with Crippen molar-refractivity contribution in [2.75, 3.05) is 11.9 Å². The number of amides is 1. The highest BCUT2D eigenvalue weighted by Gasteiger charge is 2.03. The van der Waals surface area contributed by atoms with Gasteiger partial charge in [-0.3, -0.25) is 4.79 Å². The van der Waals surface area contributed by atoms with Gasteiger partial charge in [-0.1, -0.05) is 19.1 Å². The molecule has 3 N–H and O–H groups in total. The van der Waals surface area contributed by atoms with Crippen LogP contribution in [0.5, 0.6) is 0 Å². The fourth-order valence-corrected chi connectivity index (χ4v) is 3.03. The molecule has 0 aliphatic rings. The minimum Gasteiger partial charge on any atom is -0.357 e. The molecule has 1 aromatic carbocycles. The first-order valence-electron chi connectivity index (χ1n) is 8.93. The predicted octanol–water partition coefficient (Wildman–Crippen LogP) is 3.45. The monoisotopic (exact) mass is 373 g/mol. The van der Waals surface area contributed by atoms with Crippen LogP contribution in [0, 0.1) is 6.92 Å². The Morgan fingerprint density at radius 3 is 2.58 bits per heavy atom. The summed E-state index contributed by atoms with van der Waals surface area (Å²) in [6, 6.07) is 7.80. The minimum atomic E-state index is 0.0503. The van der Waals surface area contributed by atoms with Crippen molar-refractivity contribution in [3.05, 3.63) is 45.9 Å². The number of aromatic nitrogens is 1. The van der Waals surface area contributed by atoms with Gasteiger partial charge in [-0.05, 0) is 38.0 Å². The molecule has 26 heavy (non-hydrogen) atoms. The Bertz CT molecular complexity index is 724. The van der Waals surface area contributed by atoms with Gasteiger partial charge in [0, 0.05) is 29.7 Å². The molecule has 2 rings (SSSR count). The van der Waals surface area contributed by atoms with Gasteiger partial charge in [-0.25, -0.2) is 9.98 Å². The van der Waals surface area contributed by atoms with E-state index in [1.54, 1.807) is 11.3 Å². The Labute approximate surface area is 159 Å². The van der Waals surface area contributed by atoms with Crippen molar-refractivity contribution in [1.29, 1.82) is 0 Å². The molecule has 7 heteroatoms. The highest BCUT2D eigenvalue weighted by Crippen LogP contribution is 2.12. The first-order valence-corrected chi connectivity index (χ1v) is 9.74. The van der Waals surface area contributed by atoms with Crippen LogP contribution in [0.15, 0.2) is 35.5 Å². The summed E-state index contributed by atoms with van der Waals surface area (Å²) in [4.78, 5) is 21.8. The maximum atomic E-state index is 11.6. The van der Waals surface area contributed by atoms with Crippen molar-refractivity contribution < 1.29 is 4.79 Å². The largest absolute Gasteiger partial charge is 0.357 e. The van der Waals surface area contributed by atoms with E-state index in [1.807, 2.05) is 44.3 Å². The molecule has 0 fully saturated rings. The first kappa shape index (κ1) is 19.9. The van der Waals surface area contributed by atoms with E-state index in [1.165, 1.54) is 4.88 Å². The molecule has 1 aromatic heterocycles. The zero-order valence-corrected chi connectivity index (χ0v) is 16.4. The number of rotatable bonds is 8. The molecule has 0 unspecified atom stereocenters. The van der Waals surface area contributed by atoms with E-state index in [4.69, 9.17) is 0 Å².